The van der Waals surface area contributed by atoms with Crippen molar-refractivity contribution in [2.24, 2.45) is 0 Å². The van der Waals surface area contributed by atoms with Crippen molar-refractivity contribution in [3.63, 3.8) is 0 Å². The summed E-state index contributed by atoms with van der Waals surface area (Å²) in [5.41, 5.74) is 3.42. The Bertz CT molecular complexity index is 917. The fourth-order valence-corrected chi connectivity index (χ4v) is 2.77. The van der Waals surface area contributed by atoms with Gasteiger partial charge in [-0.15, -0.1) is 0 Å². The summed E-state index contributed by atoms with van der Waals surface area (Å²) in [6.07, 6.45) is 0. The molecule has 0 saturated carbocycles. The third-order valence-electron chi connectivity index (χ3n) is 3.92. The van der Waals surface area contributed by atoms with Gasteiger partial charge in [0.2, 0.25) is 0 Å². The smallest absolute Gasteiger partial charge is 0.262 e. The number of aryl methyl sites for hydroxylation is 2. The molecule has 2 aromatic carbocycles. The fraction of sp³-hybridized carbons (Fsp3) is 0.238. The van der Waals surface area contributed by atoms with Crippen LogP contribution in [0.1, 0.15) is 18.3 Å². The average Bonchev–Trinajstić information content (AvgIpc) is 3.00. The van der Waals surface area contributed by atoms with Gasteiger partial charge in [-0.25, -0.2) is 4.68 Å². The zero-order chi connectivity index (χ0) is 19.2. The number of benzene rings is 2. The van der Waals surface area contributed by atoms with E-state index in [1.807, 2.05) is 67.9 Å². The highest BCUT2D eigenvalue weighted by Crippen LogP contribution is 2.22. The van der Waals surface area contributed by atoms with Crippen molar-refractivity contribution in [2.45, 2.75) is 20.8 Å². The van der Waals surface area contributed by atoms with Crippen LogP contribution in [0.4, 0.5) is 5.69 Å². The van der Waals surface area contributed by atoms with Crippen molar-refractivity contribution in [3.05, 3.63) is 66.0 Å². The van der Waals surface area contributed by atoms with Gasteiger partial charge >= 0.3 is 0 Å². The summed E-state index contributed by atoms with van der Waals surface area (Å²) < 4.78 is 12.8. The van der Waals surface area contributed by atoms with Gasteiger partial charge in [-0.05, 0) is 63.2 Å². The molecule has 0 radical (unpaired) electrons. The van der Waals surface area contributed by atoms with Gasteiger partial charge in [-0.2, -0.15) is 5.10 Å². The summed E-state index contributed by atoms with van der Waals surface area (Å²) in [5.74, 6) is 1.14. The van der Waals surface area contributed by atoms with Crippen LogP contribution in [-0.2, 0) is 4.79 Å². The SMILES string of the molecule is CCOc1ccc(OCC(=O)Nc2ccccc2-n2nc(C)cc2C)cc1. The molecule has 0 bridgehead atoms. The lowest BCUT2D eigenvalue weighted by Gasteiger charge is -2.13. The van der Waals surface area contributed by atoms with E-state index < -0.39 is 0 Å². The van der Waals surface area contributed by atoms with Crippen LogP contribution in [0.5, 0.6) is 11.5 Å². The molecule has 1 aromatic heterocycles. The Labute approximate surface area is 158 Å². The van der Waals surface area contributed by atoms with E-state index in [4.69, 9.17) is 9.47 Å². The molecule has 3 rings (SSSR count). The first-order valence-corrected chi connectivity index (χ1v) is 8.85. The van der Waals surface area contributed by atoms with E-state index in [0.29, 0.717) is 18.0 Å². The highest BCUT2D eigenvalue weighted by Gasteiger charge is 2.11. The predicted octanol–water partition coefficient (Wildman–Crippen LogP) is 3.91. The summed E-state index contributed by atoms with van der Waals surface area (Å²) in [7, 11) is 0. The van der Waals surface area contributed by atoms with E-state index in [9.17, 15) is 4.79 Å². The Hall–Kier alpha value is -3.28. The van der Waals surface area contributed by atoms with Crippen LogP contribution in [0.3, 0.4) is 0 Å². The van der Waals surface area contributed by atoms with Gasteiger partial charge in [0.15, 0.2) is 6.61 Å². The van der Waals surface area contributed by atoms with Gasteiger partial charge < -0.3 is 14.8 Å². The fourth-order valence-electron chi connectivity index (χ4n) is 2.77. The molecule has 6 heteroatoms. The minimum absolute atomic E-state index is 0.0839. The van der Waals surface area contributed by atoms with Crippen molar-refractivity contribution < 1.29 is 14.3 Å². The maximum atomic E-state index is 12.3. The lowest BCUT2D eigenvalue weighted by Crippen LogP contribution is -2.21. The number of carbonyl (C=O) groups is 1. The maximum Gasteiger partial charge on any atom is 0.262 e. The summed E-state index contributed by atoms with van der Waals surface area (Å²) in [5, 5.41) is 7.39. The van der Waals surface area contributed by atoms with Gasteiger partial charge in [0, 0.05) is 5.69 Å². The van der Waals surface area contributed by atoms with Gasteiger partial charge in [-0.1, -0.05) is 12.1 Å². The predicted molar refractivity (Wildman–Crippen MR) is 105 cm³/mol. The van der Waals surface area contributed by atoms with E-state index >= 15 is 0 Å². The second-order valence-electron chi connectivity index (χ2n) is 6.10. The maximum absolute atomic E-state index is 12.3. The lowest BCUT2D eigenvalue weighted by molar-refractivity contribution is -0.118. The number of rotatable bonds is 7. The van der Waals surface area contributed by atoms with E-state index in [0.717, 1.165) is 22.8 Å². The zero-order valence-corrected chi connectivity index (χ0v) is 15.7. The molecule has 0 atom stereocenters. The molecule has 0 saturated heterocycles. The number of hydrogen-bond donors (Lipinski definition) is 1. The van der Waals surface area contributed by atoms with Crippen molar-refractivity contribution in [2.75, 3.05) is 18.5 Å². The van der Waals surface area contributed by atoms with E-state index in [2.05, 4.69) is 10.4 Å². The second kappa shape index (κ2) is 8.40. The number of carbonyl (C=O) groups excluding carboxylic acids is 1. The first-order chi connectivity index (χ1) is 13.1. The minimum Gasteiger partial charge on any atom is -0.494 e. The number of anilines is 1. The molecule has 3 aromatic rings. The van der Waals surface area contributed by atoms with E-state index in [-0.39, 0.29) is 12.5 Å². The van der Waals surface area contributed by atoms with Crippen LogP contribution < -0.4 is 14.8 Å². The van der Waals surface area contributed by atoms with Crippen molar-refractivity contribution >= 4 is 11.6 Å². The largest absolute Gasteiger partial charge is 0.494 e. The molecule has 1 amide bonds. The third kappa shape index (κ3) is 4.67. The molecule has 0 aliphatic heterocycles. The Morgan fingerprint density at radius 2 is 1.70 bits per heavy atom. The monoisotopic (exact) mass is 365 g/mol. The molecule has 1 N–H and O–H groups in total. The Kier molecular flexibility index (Phi) is 5.76. The quantitative estimate of drug-likeness (QED) is 0.689. The number of para-hydroxylation sites is 2. The molecule has 0 fully saturated rings. The molecular formula is C21H23N3O3. The standard InChI is InChI=1S/C21H23N3O3/c1-4-26-17-9-11-18(12-10-17)27-14-21(25)22-19-7-5-6-8-20(19)24-16(3)13-15(2)23-24/h5-13H,4,14H2,1-3H3,(H,22,25). The number of aromatic nitrogens is 2. The topological polar surface area (TPSA) is 65.4 Å². The molecule has 0 aliphatic rings. The molecule has 0 unspecified atom stereocenters. The Balaban J connectivity index is 1.65. The van der Waals surface area contributed by atoms with Crippen LogP contribution >= 0.6 is 0 Å². The minimum atomic E-state index is -0.238. The number of ether oxygens (including phenoxy) is 2. The van der Waals surface area contributed by atoms with Crippen molar-refractivity contribution in [1.29, 1.82) is 0 Å². The van der Waals surface area contributed by atoms with Crippen LogP contribution in [0.15, 0.2) is 54.6 Å². The Morgan fingerprint density at radius 3 is 2.33 bits per heavy atom. The van der Waals surface area contributed by atoms with E-state index in [1.165, 1.54) is 0 Å². The van der Waals surface area contributed by atoms with Crippen LogP contribution in [0, 0.1) is 13.8 Å². The molecular weight excluding hydrogens is 342 g/mol. The summed E-state index contributed by atoms with van der Waals surface area (Å²) in [6.45, 7) is 6.37. The van der Waals surface area contributed by atoms with Crippen molar-refractivity contribution in [3.8, 4) is 17.2 Å². The number of nitrogens with one attached hydrogen (secondary N) is 1. The molecule has 6 nitrogen and oxygen atoms in total. The van der Waals surface area contributed by atoms with Gasteiger partial charge in [0.05, 0.1) is 23.7 Å². The molecule has 140 valence electrons. The normalized spacial score (nSPS) is 10.5. The van der Waals surface area contributed by atoms with Gasteiger partial charge in [0.1, 0.15) is 11.5 Å². The van der Waals surface area contributed by atoms with Gasteiger partial charge in [-0.3, -0.25) is 4.79 Å². The average molecular weight is 365 g/mol. The molecule has 27 heavy (non-hydrogen) atoms. The number of hydrogen-bond acceptors (Lipinski definition) is 4. The molecule has 1 heterocycles. The third-order valence-corrected chi connectivity index (χ3v) is 3.92. The summed E-state index contributed by atoms with van der Waals surface area (Å²) >= 11 is 0. The lowest BCUT2D eigenvalue weighted by atomic mass is 10.2. The summed E-state index contributed by atoms with van der Waals surface area (Å²) in [6, 6.07) is 16.7. The van der Waals surface area contributed by atoms with Crippen LogP contribution in [-0.4, -0.2) is 28.9 Å². The second-order valence-corrected chi connectivity index (χ2v) is 6.10. The molecule has 0 aliphatic carbocycles. The van der Waals surface area contributed by atoms with Crippen LogP contribution in [0.2, 0.25) is 0 Å². The zero-order valence-electron chi connectivity index (χ0n) is 15.7. The summed E-state index contributed by atoms with van der Waals surface area (Å²) in [4.78, 5) is 12.3. The van der Waals surface area contributed by atoms with Crippen molar-refractivity contribution in [1.82, 2.24) is 9.78 Å². The first kappa shape index (κ1) is 18.5. The highest BCUT2D eigenvalue weighted by atomic mass is 16.5. The number of nitrogens with zero attached hydrogens (tertiary/aromatic N) is 2. The van der Waals surface area contributed by atoms with Gasteiger partial charge in [0.25, 0.3) is 5.91 Å². The first-order valence-electron chi connectivity index (χ1n) is 8.85. The van der Waals surface area contributed by atoms with Crippen LogP contribution in [0.25, 0.3) is 5.69 Å². The number of amides is 1. The Morgan fingerprint density at radius 1 is 1.04 bits per heavy atom. The van der Waals surface area contributed by atoms with E-state index in [1.54, 1.807) is 12.1 Å². The molecule has 0 spiro atoms. The highest BCUT2D eigenvalue weighted by molar-refractivity contribution is 5.93.